The molecule has 0 heterocycles. The van der Waals surface area contributed by atoms with Crippen molar-refractivity contribution in [2.75, 3.05) is 6.61 Å². The number of esters is 1. The lowest BCUT2D eigenvalue weighted by molar-refractivity contribution is -0.138. The third kappa shape index (κ3) is 5.17. The molecule has 0 bridgehead atoms. The molecular formula is C10H19FO2Si. The molecule has 0 unspecified atom stereocenters. The molecule has 82 valence electrons. The zero-order valence-corrected chi connectivity index (χ0v) is 10.6. The van der Waals surface area contributed by atoms with Gasteiger partial charge in [-0.1, -0.05) is 19.6 Å². The molecular weight excluding hydrogens is 199 g/mol. The SMILES string of the molecule is CCOC(=O)/C(C[Si](C)(C)C)=C(/C)F. The Balaban J connectivity index is 4.65. The lowest BCUT2D eigenvalue weighted by Crippen LogP contribution is -2.24. The van der Waals surface area contributed by atoms with Crippen LogP contribution in [-0.2, 0) is 9.53 Å². The Morgan fingerprint density at radius 1 is 1.36 bits per heavy atom. The van der Waals surface area contributed by atoms with Crippen LogP contribution in [0.1, 0.15) is 13.8 Å². The molecule has 0 N–H and O–H groups in total. The largest absolute Gasteiger partial charge is 0.463 e. The summed E-state index contributed by atoms with van der Waals surface area (Å²) in [6.07, 6.45) is 0. The van der Waals surface area contributed by atoms with Gasteiger partial charge in [0.05, 0.1) is 12.2 Å². The minimum Gasteiger partial charge on any atom is -0.463 e. The van der Waals surface area contributed by atoms with E-state index < -0.39 is 19.9 Å². The van der Waals surface area contributed by atoms with Gasteiger partial charge in [-0.3, -0.25) is 0 Å². The van der Waals surface area contributed by atoms with Gasteiger partial charge in [-0.25, -0.2) is 9.18 Å². The third-order valence-electron chi connectivity index (χ3n) is 1.64. The van der Waals surface area contributed by atoms with E-state index in [1.165, 1.54) is 6.92 Å². The topological polar surface area (TPSA) is 26.3 Å². The van der Waals surface area contributed by atoms with Crippen molar-refractivity contribution in [3.8, 4) is 0 Å². The molecule has 0 saturated carbocycles. The summed E-state index contributed by atoms with van der Waals surface area (Å²) in [4.78, 5) is 11.4. The lowest BCUT2D eigenvalue weighted by Gasteiger charge is -2.17. The van der Waals surface area contributed by atoms with Gasteiger partial charge in [0.1, 0.15) is 5.83 Å². The van der Waals surface area contributed by atoms with Gasteiger partial charge in [-0.15, -0.1) is 0 Å². The van der Waals surface area contributed by atoms with E-state index in [1.54, 1.807) is 6.92 Å². The molecule has 4 heteroatoms. The second kappa shape index (κ2) is 5.29. The van der Waals surface area contributed by atoms with Gasteiger partial charge in [0.25, 0.3) is 0 Å². The highest BCUT2D eigenvalue weighted by Gasteiger charge is 2.23. The van der Waals surface area contributed by atoms with Crippen LogP contribution in [-0.4, -0.2) is 20.7 Å². The van der Waals surface area contributed by atoms with E-state index in [-0.39, 0.29) is 5.57 Å². The van der Waals surface area contributed by atoms with Crippen LogP contribution in [0.5, 0.6) is 0 Å². The van der Waals surface area contributed by atoms with Gasteiger partial charge in [-0.2, -0.15) is 0 Å². The van der Waals surface area contributed by atoms with Crippen molar-refractivity contribution in [1.82, 2.24) is 0 Å². The first-order valence-corrected chi connectivity index (χ1v) is 8.51. The Bertz CT molecular complexity index is 237. The standard InChI is InChI=1S/C10H19FO2Si/c1-6-13-10(12)9(8(2)11)7-14(3,4)5/h6-7H2,1-5H3/b9-8-. The average molecular weight is 218 g/mol. The van der Waals surface area contributed by atoms with Crippen molar-refractivity contribution < 1.29 is 13.9 Å². The Hall–Kier alpha value is -0.643. The van der Waals surface area contributed by atoms with Crippen molar-refractivity contribution in [2.24, 2.45) is 0 Å². The lowest BCUT2D eigenvalue weighted by atomic mass is 10.3. The van der Waals surface area contributed by atoms with Crippen LogP contribution in [0.25, 0.3) is 0 Å². The predicted molar refractivity (Wildman–Crippen MR) is 58.6 cm³/mol. The zero-order valence-electron chi connectivity index (χ0n) is 9.61. The molecule has 0 aromatic heterocycles. The van der Waals surface area contributed by atoms with Crippen molar-refractivity contribution in [2.45, 2.75) is 39.5 Å². The molecule has 14 heavy (non-hydrogen) atoms. The molecule has 0 aliphatic heterocycles. The van der Waals surface area contributed by atoms with Gasteiger partial charge in [0, 0.05) is 8.07 Å². The Morgan fingerprint density at radius 3 is 2.14 bits per heavy atom. The van der Waals surface area contributed by atoms with E-state index in [4.69, 9.17) is 4.74 Å². The molecule has 0 amide bonds. The summed E-state index contributed by atoms with van der Waals surface area (Å²) in [7, 11) is -1.47. The zero-order chi connectivity index (χ0) is 11.4. The summed E-state index contributed by atoms with van der Waals surface area (Å²) >= 11 is 0. The number of hydrogen-bond donors (Lipinski definition) is 0. The first-order valence-electron chi connectivity index (χ1n) is 4.80. The second-order valence-electron chi connectivity index (χ2n) is 4.47. The highest BCUT2D eigenvalue weighted by molar-refractivity contribution is 6.77. The van der Waals surface area contributed by atoms with Crippen molar-refractivity contribution in [1.29, 1.82) is 0 Å². The molecule has 0 spiro atoms. The molecule has 0 aromatic rings. The summed E-state index contributed by atoms with van der Waals surface area (Å²) in [5.41, 5.74) is 0.214. The first-order chi connectivity index (χ1) is 6.28. The highest BCUT2D eigenvalue weighted by Crippen LogP contribution is 2.21. The summed E-state index contributed by atoms with van der Waals surface area (Å²) in [6.45, 7) is 9.60. The molecule has 2 nitrogen and oxygen atoms in total. The monoisotopic (exact) mass is 218 g/mol. The van der Waals surface area contributed by atoms with Crippen LogP contribution in [0.4, 0.5) is 4.39 Å². The number of carbonyl (C=O) groups is 1. The number of rotatable bonds is 4. The van der Waals surface area contributed by atoms with Gasteiger partial charge in [0.2, 0.25) is 0 Å². The maximum absolute atomic E-state index is 13.1. The van der Waals surface area contributed by atoms with Crippen LogP contribution in [0.15, 0.2) is 11.4 Å². The summed E-state index contributed by atoms with van der Waals surface area (Å²) in [5.74, 6) is -0.916. The maximum Gasteiger partial charge on any atom is 0.336 e. The summed E-state index contributed by atoms with van der Waals surface area (Å²) in [6, 6.07) is 0.536. The average Bonchev–Trinajstić information content (AvgIpc) is 1.98. The second-order valence-corrected chi connectivity index (χ2v) is 9.94. The van der Waals surface area contributed by atoms with Crippen LogP contribution < -0.4 is 0 Å². The molecule has 0 rings (SSSR count). The Kier molecular flexibility index (Phi) is 5.05. The quantitative estimate of drug-likeness (QED) is 0.412. The fourth-order valence-corrected chi connectivity index (χ4v) is 2.53. The molecule has 0 saturated heterocycles. The van der Waals surface area contributed by atoms with E-state index in [2.05, 4.69) is 19.6 Å². The van der Waals surface area contributed by atoms with E-state index in [1.807, 2.05) is 0 Å². The predicted octanol–water partition coefficient (Wildman–Crippen LogP) is 3.13. The molecule has 0 fully saturated rings. The number of ether oxygens (including phenoxy) is 1. The van der Waals surface area contributed by atoms with Crippen LogP contribution in [0.2, 0.25) is 25.7 Å². The molecule has 0 aromatic carbocycles. The number of halogens is 1. The van der Waals surface area contributed by atoms with Gasteiger partial charge in [-0.05, 0) is 19.9 Å². The van der Waals surface area contributed by atoms with E-state index in [0.29, 0.717) is 12.7 Å². The van der Waals surface area contributed by atoms with E-state index in [9.17, 15) is 9.18 Å². The van der Waals surface area contributed by atoms with Crippen molar-refractivity contribution >= 4 is 14.0 Å². The smallest absolute Gasteiger partial charge is 0.336 e. The fourth-order valence-electron chi connectivity index (χ4n) is 1.08. The highest BCUT2D eigenvalue weighted by atomic mass is 28.3. The summed E-state index contributed by atoms with van der Waals surface area (Å²) in [5, 5.41) is 0. The van der Waals surface area contributed by atoms with Gasteiger partial charge >= 0.3 is 5.97 Å². The first kappa shape index (κ1) is 13.4. The number of hydrogen-bond acceptors (Lipinski definition) is 2. The molecule has 0 aliphatic rings. The van der Waals surface area contributed by atoms with Gasteiger partial charge in [0.15, 0.2) is 0 Å². The normalized spacial score (nSPS) is 13.6. The van der Waals surface area contributed by atoms with Crippen LogP contribution in [0, 0.1) is 0 Å². The van der Waals surface area contributed by atoms with Crippen molar-refractivity contribution in [3.63, 3.8) is 0 Å². The van der Waals surface area contributed by atoms with Crippen molar-refractivity contribution in [3.05, 3.63) is 11.4 Å². The number of allylic oxidation sites excluding steroid dienone is 1. The van der Waals surface area contributed by atoms with Gasteiger partial charge < -0.3 is 4.74 Å². The minimum atomic E-state index is -1.47. The minimum absolute atomic E-state index is 0.214. The van der Waals surface area contributed by atoms with Crippen LogP contribution >= 0.6 is 0 Å². The Morgan fingerprint density at radius 2 is 1.86 bits per heavy atom. The van der Waals surface area contributed by atoms with Crippen LogP contribution in [0.3, 0.4) is 0 Å². The fraction of sp³-hybridized carbons (Fsp3) is 0.700. The van der Waals surface area contributed by atoms with E-state index in [0.717, 1.165) is 0 Å². The Labute approximate surface area is 86.2 Å². The molecule has 0 atom stereocenters. The summed E-state index contributed by atoms with van der Waals surface area (Å²) < 4.78 is 17.9. The molecule has 0 aliphatic carbocycles. The maximum atomic E-state index is 13.1. The third-order valence-corrected chi connectivity index (χ3v) is 3.06. The molecule has 0 radical (unpaired) electrons. The number of carbonyl (C=O) groups excluding carboxylic acids is 1. The van der Waals surface area contributed by atoms with E-state index >= 15 is 0 Å².